The standard InChI is InChI=1S/C20H13Cl2F2N3O3S/c21-15-4-3-13(9-16(15)22)31(29,30)26-12-2-6-19-14(8-12)20(28)25-27(19)10-11-1-5-17(23)18(24)7-11/h1-9,26H,10H2,(H,25,28). The SMILES string of the molecule is O=c1[nH]n(Cc2ccc(F)c(F)c2)c2ccc(NS(=O)(=O)c3ccc(Cl)c(Cl)c3)cc12. The van der Waals surface area contributed by atoms with Crippen LogP contribution in [0.4, 0.5) is 14.5 Å². The van der Waals surface area contributed by atoms with Gasteiger partial charge in [-0.2, -0.15) is 0 Å². The second-order valence-corrected chi connectivity index (χ2v) is 9.19. The third kappa shape index (κ3) is 4.30. The van der Waals surface area contributed by atoms with Crippen molar-refractivity contribution in [1.29, 1.82) is 0 Å². The Morgan fingerprint density at radius 1 is 0.935 bits per heavy atom. The molecule has 4 aromatic rings. The number of hydrogen-bond acceptors (Lipinski definition) is 3. The summed E-state index contributed by atoms with van der Waals surface area (Å²) in [4.78, 5) is 12.3. The molecule has 0 bridgehead atoms. The van der Waals surface area contributed by atoms with Gasteiger partial charge in [-0.05, 0) is 54.1 Å². The average Bonchev–Trinajstić information content (AvgIpc) is 3.01. The van der Waals surface area contributed by atoms with Crippen LogP contribution in [0, 0.1) is 11.6 Å². The molecule has 0 spiro atoms. The van der Waals surface area contributed by atoms with Gasteiger partial charge in [-0.3, -0.25) is 19.3 Å². The van der Waals surface area contributed by atoms with E-state index >= 15 is 0 Å². The van der Waals surface area contributed by atoms with Crippen LogP contribution in [0.5, 0.6) is 0 Å². The van der Waals surface area contributed by atoms with Gasteiger partial charge in [0.05, 0.1) is 32.4 Å². The lowest BCUT2D eigenvalue weighted by Gasteiger charge is -2.10. The largest absolute Gasteiger partial charge is 0.280 e. The molecule has 6 nitrogen and oxygen atoms in total. The molecule has 0 amide bonds. The highest BCUT2D eigenvalue weighted by Crippen LogP contribution is 2.26. The van der Waals surface area contributed by atoms with E-state index in [4.69, 9.17) is 23.2 Å². The predicted molar refractivity (Wildman–Crippen MR) is 115 cm³/mol. The smallest absolute Gasteiger partial charge is 0.272 e. The molecule has 0 saturated heterocycles. The summed E-state index contributed by atoms with van der Waals surface area (Å²) >= 11 is 11.7. The summed E-state index contributed by atoms with van der Waals surface area (Å²) in [5, 5.41) is 3.13. The number of halogens is 4. The molecule has 0 unspecified atom stereocenters. The predicted octanol–water partition coefficient (Wildman–Crippen LogP) is 4.76. The molecular formula is C20H13Cl2F2N3O3S. The number of nitrogens with one attached hydrogen (secondary N) is 2. The molecule has 160 valence electrons. The number of H-pyrrole nitrogens is 1. The van der Waals surface area contributed by atoms with Crippen molar-refractivity contribution in [3.8, 4) is 0 Å². The first-order valence-corrected chi connectivity index (χ1v) is 11.0. The number of aromatic nitrogens is 2. The molecule has 2 N–H and O–H groups in total. The van der Waals surface area contributed by atoms with Gasteiger partial charge in [-0.25, -0.2) is 17.2 Å². The lowest BCUT2D eigenvalue weighted by atomic mass is 10.2. The normalized spacial score (nSPS) is 11.7. The zero-order valence-corrected chi connectivity index (χ0v) is 17.8. The summed E-state index contributed by atoms with van der Waals surface area (Å²) in [6.45, 7) is 0.0876. The summed E-state index contributed by atoms with van der Waals surface area (Å²) in [5.74, 6) is -1.95. The fraction of sp³-hybridized carbons (Fsp3) is 0.0500. The Morgan fingerprint density at radius 2 is 1.71 bits per heavy atom. The van der Waals surface area contributed by atoms with Crippen LogP contribution in [0.1, 0.15) is 5.56 Å². The summed E-state index contributed by atoms with van der Waals surface area (Å²) < 4.78 is 55.7. The summed E-state index contributed by atoms with van der Waals surface area (Å²) in [5.41, 5.74) is 0.603. The summed E-state index contributed by atoms with van der Waals surface area (Å²) in [6.07, 6.45) is 0. The number of sulfonamides is 1. The van der Waals surface area contributed by atoms with Crippen LogP contribution in [0.25, 0.3) is 10.9 Å². The Kier molecular flexibility index (Phi) is 5.50. The van der Waals surface area contributed by atoms with Gasteiger partial charge in [-0.1, -0.05) is 29.3 Å². The first kappa shape index (κ1) is 21.4. The Balaban J connectivity index is 1.65. The van der Waals surface area contributed by atoms with Gasteiger partial charge in [0.2, 0.25) is 0 Å². The molecule has 1 aromatic heterocycles. The highest BCUT2D eigenvalue weighted by molar-refractivity contribution is 7.92. The molecule has 0 fully saturated rings. The zero-order chi connectivity index (χ0) is 22.3. The van der Waals surface area contributed by atoms with Crippen LogP contribution >= 0.6 is 23.2 Å². The van der Waals surface area contributed by atoms with Gasteiger partial charge in [0.25, 0.3) is 15.6 Å². The lowest BCUT2D eigenvalue weighted by Crippen LogP contribution is -2.13. The van der Waals surface area contributed by atoms with E-state index in [1.54, 1.807) is 6.07 Å². The van der Waals surface area contributed by atoms with Crippen molar-refractivity contribution in [3.63, 3.8) is 0 Å². The zero-order valence-electron chi connectivity index (χ0n) is 15.5. The van der Waals surface area contributed by atoms with E-state index in [9.17, 15) is 22.0 Å². The quantitative estimate of drug-likeness (QED) is 0.429. The molecule has 0 saturated carbocycles. The fourth-order valence-corrected chi connectivity index (χ4v) is 4.50. The van der Waals surface area contributed by atoms with Gasteiger partial charge >= 0.3 is 0 Å². The number of rotatable bonds is 5. The first-order chi connectivity index (χ1) is 14.6. The van der Waals surface area contributed by atoms with E-state index in [0.29, 0.717) is 11.1 Å². The molecule has 1 heterocycles. The van der Waals surface area contributed by atoms with E-state index in [1.807, 2.05) is 0 Å². The Bertz CT molecular complexity index is 1480. The number of benzene rings is 3. The van der Waals surface area contributed by atoms with Crippen molar-refractivity contribution in [3.05, 3.63) is 92.2 Å². The highest BCUT2D eigenvalue weighted by Gasteiger charge is 2.17. The van der Waals surface area contributed by atoms with Crippen molar-refractivity contribution in [2.45, 2.75) is 11.4 Å². The summed E-state index contributed by atoms with van der Waals surface area (Å²) in [6, 6.07) is 11.7. The van der Waals surface area contributed by atoms with E-state index in [2.05, 4.69) is 9.82 Å². The second-order valence-electron chi connectivity index (χ2n) is 6.69. The van der Waals surface area contributed by atoms with E-state index in [1.165, 1.54) is 41.1 Å². The summed E-state index contributed by atoms with van der Waals surface area (Å²) in [7, 11) is -3.97. The van der Waals surface area contributed by atoms with Gasteiger partial charge in [0.1, 0.15) is 0 Å². The molecule has 4 rings (SSSR count). The van der Waals surface area contributed by atoms with Gasteiger partial charge in [-0.15, -0.1) is 0 Å². The maximum absolute atomic E-state index is 13.5. The number of aromatic amines is 1. The average molecular weight is 484 g/mol. The minimum atomic E-state index is -3.97. The Hall–Kier alpha value is -2.88. The third-order valence-corrected chi connectivity index (χ3v) is 6.66. The molecule has 31 heavy (non-hydrogen) atoms. The van der Waals surface area contributed by atoms with Crippen molar-refractivity contribution < 1.29 is 17.2 Å². The Labute approximate surface area is 185 Å². The van der Waals surface area contributed by atoms with Crippen LogP contribution in [0.3, 0.4) is 0 Å². The van der Waals surface area contributed by atoms with Gasteiger partial charge in [0, 0.05) is 5.69 Å². The molecule has 0 radical (unpaired) electrons. The molecular weight excluding hydrogens is 471 g/mol. The number of anilines is 1. The molecule has 0 atom stereocenters. The van der Waals surface area contributed by atoms with Crippen LogP contribution in [-0.4, -0.2) is 18.2 Å². The van der Waals surface area contributed by atoms with Crippen molar-refractivity contribution >= 4 is 49.8 Å². The topological polar surface area (TPSA) is 84.0 Å². The van der Waals surface area contributed by atoms with Crippen LogP contribution in [-0.2, 0) is 16.6 Å². The van der Waals surface area contributed by atoms with Gasteiger partial charge in [0.15, 0.2) is 11.6 Å². The van der Waals surface area contributed by atoms with E-state index in [-0.39, 0.29) is 32.6 Å². The lowest BCUT2D eigenvalue weighted by molar-refractivity contribution is 0.506. The Morgan fingerprint density at radius 3 is 2.42 bits per heavy atom. The molecule has 0 aliphatic carbocycles. The van der Waals surface area contributed by atoms with E-state index in [0.717, 1.165) is 12.1 Å². The van der Waals surface area contributed by atoms with Crippen molar-refractivity contribution in [2.75, 3.05) is 4.72 Å². The molecule has 3 aromatic carbocycles. The number of fused-ring (bicyclic) bond motifs is 1. The maximum Gasteiger partial charge on any atom is 0.272 e. The van der Waals surface area contributed by atoms with Gasteiger partial charge < -0.3 is 0 Å². The van der Waals surface area contributed by atoms with Crippen LogP contribution in [0.2, 0.25) is 10.0 Å². The third-order valence-electron chi connectivity index (χ3n) is 4.55. The molecule has 0 aliphatic rings. The first-order valence-electron chi connectivity index (χ1n) is 8.78. The molecule has 11 heteroatoms. The van der Waals surface area contributed by atoms with Crippen LogP contribution in [0.15, 0.2) is 64.3 Å². The monoisotopic (exact) mass is 483 g/mol. The van der Waals surface area contributed by atoms with Crippen LogP contribution < -0.4 is 10.3 Å². The minimum Gasteiger partial charge on any atom is -0.280 e. The number of hydrogen-bond donors (Lipinski definition) is 2. The highest BCUT2D eigenvalue weighted by atomic mass is 35.5. The minimum absolute atomic E-state index is 0.0876. The van der Waals surface area contributed by atoms with E-state index < -0.39 is 27.2 Å². The van der Waals surface area contributed by atoms with Crippen molar-refractivity contribution in [2.24, 2.45) is 0 Å². The van der Waals surface area contributed by atoms with Crippen molar-refractivity contribution in [1.82, 2.24) is 9.78 Å². The maximum atomic E-state index is 13.5. The second kappa shape index (κ2) is 7.99. The number of nitrogens with zero attached hydrogens (tertiary/aromatic N) is 1. The molecule has 0 aliphatic heterocycles. The fourth-order valence-electron chi connectivity index (χ4n) is 3.06.